The normalized spacial score (nSPS) is 20.6. The third-order valence-electron chi connectivity index (χ3n) is 5.46. The molecule has 1 saturated carbocycles. The quantitative estimate of drug-likeness (QED) is 0.755. The van der Waals surface area contributed by atoms with Gasteiger partial charge in [-0.1, -0.05) is 6.07 Å². The summed E-state index contributed by atoms with van der Waals surface area (Å²) in [6, 6.07) is 4.79. The SMILES string of the molecule is O=C(O)CCN1CCC(CNC2CC2)(Cc2ccc(F)c(F)c2)CC1. The number of carbonyl (C=O) groups is 1. The molecule has 138 valence electrons. The molecule has 1 aliphatic carbocycles. The number of aliphatic carboxylic acids is 1. The number of benzene rings is 1. The van der Waals surface area contributed by atoms with E-state index in [1.165, 1.54) is 25.0 Å². The Morgan fingerprint density at radius 2 is 1.96 bits per heavy atom. The van der Waals surface area contributed by atoms with E-state index in [2.05, 4.69) is 10.2 Å². The third-order valence-corrected chi connectivity index (χ3v) is 5.46. The summed E-state index contributed by atoms with van der Waals surface area (Å²) in [5, 5.41) is 12.4. The Kier molecular flexibility index (Phi) is 5.69. The van der Waals surface area contributed by atoms with E-state index in [0.717, 1.165) is 44.5 Å². The van der Waals surface area contributed by atoms with Crippen molar-refractivity contribution in [3.63, 3.8) is 0 Å². The van der Waals surface area contributed by atoms with Crippen LogP contribution in [-0.2, 0) is 11.2 Å². The highest BCUT2D eigenvalue weighted by atomic mass is 19.2. The van der Waals surface area contributed by atoms with E-state index in [-0.39, 0.29) is 11.8 Å². The maximum atomic E-state index is 13.6. The number of rotatable bonds is 8. The summed E-state index contributed by atoms with van der Waals surface area (Å²) in [7, 11) is 0. The minimum absolute atomic E-state index is 0.0204. The average molecular weight is 352 g/mol. The molecule has 0 aromatic heterocycles. The van der Waals surface area contributed by atoms with Crippen molar-refractivity contribution < 1.29 is 18.7 Å². The lowest BCUT2D eigenvalue weighted by Gasteiger charge is -2.42. The van der Waals surface area contributed by atoms with Crippen molar-refractivity contribution in [3.8, 4) is 0 Å². The summed E-state index contributed by atoms with van der Waals surface area (Å²) in [5.74, 6) is -2.37. The van der Waals surface area contributed by atoms with Crippen LogP contribution in [0.25, 0.3) is 0 Å². The fourth-order valence-electron chi connectivity index (χ4n) is 3.65. The molecule has 3 rings (SSSR count). The second-order valence-electron chi connectivity index (χ2n) is 7.57. The van der Waals surface area contributed by atoms with Gasteiger partial charge in [-0.05, 0) is 68.3 Å². The van der Waals surface area contributed by atoms with E-state index < -0.39 is 17.6 Å². The molecule has 25 heavy (non-hydrogen) atoms. The maximum Gasteiger partial charge on any atom is 0.304 e. The molecular weight excluding hydrogens is 326 g/mol. The van der Waals surface area contributed by atoms with Gasteiger partial charge in [-0.3, -0.25) is 4.79 Å². The molecule has 4 nitrogen and oxygen atoms in total. The van der Waals surface area contributed by atoms with E-state index in [4.69, 9.17) is 5.11 Å². The van der Waals surface area contributed by atoms with Gasteiger partial charge in [0.25, 0.3) is 0 Å². The molecule has 0 unspecified atom stereocenters. The highest BCUT2D eigenvalue weighted by Crippen LogP contribution is 2.36. The fraction of sp³-hybridized carbons (Fsp3) is 0.632. The van der Waals surface area contributed by atoms with E-state index in [9.17, 15) is 13.6 Å². The molecule has 0 spiro atoms. The molecule has 1 saturated heterocycles. The van der Waals surface area contributed by atoms with Crippen molar-refractivity contribution in [2.24, 2.45) is 5.41 Å². The van der Waals surface area contributed by atoms with Gasteiger partial charge in [0.05, 0.1) is 6.42 Å². The van der Waals surface area contributed by atoms with Crippen LogP contribution >= 0.6 is 0 Å². The van der Waals surface area contributed by atoms with Crippen molar-refractivity contribution in [2.45, 2.75) is 44.6 Å². The lowest BCUT2D eigenvalue weighted by atomic mass is 9.73. The first-order chi connectivity index (χ1) is 12.0. The first kappa shape index (κ1) is 18.3. The third kappa shape index (κ3) is 5.22. The van der Waals surface area contributed by atoms with Crippen LogP contribution in [0.1, 0.15) is 37.7 Å². The number of halogens is 2. The molecule has 0 atom stereocenters. The predicted octanol–water partition coefficient (Wildman–Crippen LogP) is 2.82. The van der Waals surface area contributed by atoms with Gasteiger partial charge in [0.1, 0.15) is 0 Å². The number of carboxylic acid groups (broad SMARTS) is 1. The first-order valence-corrected chi connectivity index (χ1v) is 9.07. The van der Waals surface area contributed by atoms with Crippen LogP contribution in [0.2, 0.25) is 0 Å². The van der Waals surface area contributed by atoms with Gasteiger partial charge in [0.15, 0.2) is 11.6 Å². The summed E-state index contributed by atoms with van der Waals surface area (Å²) in [4.78, 5) is 12.9. The summed E-state index contributed by atoms with van der Waals surface area (Å²) in [6.07, 6.45) is 5.18. The number of piperidine rings is 1. The average Bonchev–Trinajstić information content (AvgIpc) is 3.40. The molecular formula is C19H26F2N2O2. The fourth-order valence-corrected chi connectivity index (χ4v) is 3.65. The monoisotopic (exact) mass is 352 g/mol. The molecule has 0 bridgehead atoms. The van der Waals surface area contributed by atoms with Gasteiger partial charge >= 0.3 is 5.97 Å². The lowest BCUT2D eigenvalue weighted by molar-refractivity contribution is -0.137. The van der Waals surface area contributed by atoms with Crippen LogP contribution in [0, 0.1) is 17.0 Å². The smallest absolute Gasteiger partial charge is 0.304 e. The number of hydrogen-bond acceptors (Lipinski definition) is 3. The molecule has 2 N–H and O–H groups in total. The van der Waals surface area contributed by atoms with Crippen LogP contribution in [0.4, 0.5) is 8.78 Å². The summed E-state index contributed by atoms with van der Waals surface area (Å²) >= 11 is 0. The Balaban J connectivity index is 1.64. The number of nitrogens with zero attached hydrogens (tertiary/aromatic N) is 1. The van der Waals surface area contributed by atoms with Crippen LogP contribution in [0.5, 0.6) is 0 Å². The van der Waals surface area contributed by atoms with Crippen LogP contribution in [-0.4, -0.2) is 48.2 Å². The molecule has 6 heteroatoms. The van der Waals surface area contributed by atoms with E-state index >= 15 is 0 Å². The Morgan fingerprint density at radius 1 is 1.24 bits per heavy atom. The Morgan fingerprint density at radius 3 is 2.56 bits per heavy atom. The van der Waals surface area contributed by atoms with Gasteiger partial charge in [-0.25, -0.2) is 8.78 Å². The minimum atomic E-state index is -0.808. The molecule has 0 radical (unpaired) electrons. The second kappa shape index (κ2) is 7.79. The Bertz CT molecular complexity index is 611. The molecule has 0 amide bonds. The van der Waals surface area contributed by atoms with Crippen LogP contribution < -0.4 is 5.32 Å². The number of hydrogen-bond donors (Lipinski definition) is 2. The minimum Gasteiger partial charge on any atom is -0.481 e. The molecule has 1 heterocycles. The summed E-state index contributed by atoms with van der Waals surface area (Å²) < 4.78 is 26.8. The second-order valence-corrected chi connectivity index (χ2v) is 7.57. The van der Waals surface area contributed by atoms with E-state index in [1.54, 1.807) is 6.07 Å². The zero-order valence-corrected chi connectivity index (χ0v) is 14.4. The zero-order chi connectivity index (χ0) is 17.9. The number of likely N-dealkylation sites (tertiary alicyclic amines) is 1. The highest BCUT2D eigenvalue weighted by molar-refractivity contribution is 5.66. The number of carboxylic acids is 1. The molecule has 1 aromatic rings. The zero-order valence-electron chi connectivity index (χ0n) is 14.4. The molecule has 1 aromatic carbocycles. The molecule has 2 fully saturated rings. The van der Waals surface area contributed by atoms with Gasteiger partial charge in [-0.15, -0.1) is 0 Å². The van der Waals surface area contributed by atoms with Crippen molar-refractivity contribution in [1.29, 1.82) is 0 Å². The molecule has 1 aliphatic heterocycles. The standard InChI is InChI=1S/C19H26F2N2O2/c20-16-4-1-14(11-17(16)21)12-19(13-22-15-2-3-15)6-9-23(10-7-19)8-5-18(24)25/h1,4,11,15,22H,2-3,5-10,12-13H2,(H,24,25). The van der Waals surface area contributed by atoms with Gasteiger partial charge in [0.2, 0.25) is 0 Å². The number of nitrogens with one attached hydrogen (secondary N) is 1. The van der Waals surface area contributed by atoms with E-state index in [1.807, 2.05) is 0 Å². The first-order valence-electron chi connectivity index (χ1n) is 9.07. The largest absolute Gasteiger partial charge is 0.481 e. The molecule has 2 aliphatic rings. The van der Waals surface area contributed by atoms with Crippen molar-refractivity contribution in [1.82, 2.24) is 10.2 Å². The summed E-state index contributed by atoms with van der Waals surface area (Å²) in [5.41, 5.74) is 0.850. The van der Waals surface area contributed by atoms with Gasteiger partial charge in [-0.2, -0.15) is 0 Å². The summed E-state index contributed by atoms with van der Waals surface area (Å²) in [6.45, 7) is 3.16. The van der Waals surface area contributed by atoms with Crippen molar-refractivity contribution >= 4 is 5.97 Å². The highest BCUT2D eigenvalue weighted by Gasteiger charge is 2.36. The van der Waals surface area contributed by atoms with E-state index in [0.29, 0.717) is 12.6 Å². The Labute approximate surface area is 147 Å². The Hall–Kier alpha value is -1.53. The van der Waals surface area contributed by atoms with Crippen LogP contribution in [0.3, 0.4) is 0 Å². The van der Waals surface area contributed by atoms with Gasteiger partial charge < -0.3 is 15.3 Å². The van der Waals surface area contributed by atoms with Crippen LogP contribution in [0.15, 0.2) is 18.2 Å². The predicted molar refractivity (Wildman–Crippen MR) is 91.4 cm³/mol. The maximum absolute atomic E-state index is 13.6. The van der Waals surface area contributed by atoms with Gasteiger partial charge in [0, 0.05) is 19.1 Å². The topological polar surface area (TPSA) is 52.6 Å². The van der Waals surface area contributed by atoms with Crippen molar-refractivity contribution in [2.75, 3.05) is 26.2 Å². The lowest BCUT2D eigenvalue weighted by Crippen LogP contribution is -2.47. The van der Waals surface area contributed by atoms with Crippen molar-refractivity contribution in [3.05, 3.63) is 35.4 Å².